The van der Waals surface area contributed by atoms with E-state index in [4.69, 9.17) is 5.73 Å². The number of nitrogens with one attached hydrogen (secondary N) is 1. The van der Waals surface area contributed by atoms with Crippen LogP contribution in [0.15, 0.2) is 0 Å². The van der Waals surface area contributed by atoms with Crippen LogP contribution in [0, 0.1) is 0 Å². The standard InChI is InChI=1S/C9H19N3O/c1-12-6-2-3-8(7-12)11-9(13)4-5-10/h8H,2-7,10H2,1H3,(H,11,13). The molecule has 1 aliphatic heterocycles. The van der Waals surface area contributed by atoms with E-state index in [9.17, 15) is 4.79 Å². The lowest BCUT2D eigenvalue weighted by molar-refractivity contribution is -0.121. The fourth-order valence-corrected chi connectivity index (χ4v) is 1.72. The Labute approximate surface area is 79.5 Å². The molecule has 0 bridgehead atoms. The molecule has 0 aliphatic carbocycles. The highest BCUT2D eigenvalue weighted by atomic mass is 16.1. The molecule has 1 heterocycles. The van der Waals surface area contributed by atoms with Crippen molar-refractivity contribution in [2.24, 2.45) is 5.73 Å². The van der Waals surface area contributed by atoms with Crippen LogP contribution in [-0.2, 0) is 4.79 Å². The molecule has 0 spiro atoms. The van der Waals surface area contributed by atoms with Gasteiger partial charge in [-0.1, -0.05) is 0 Å². The lowest BCUT2D eigenvalue weighted by Gasteiger charge is -2.30. The van der Waals surface area contributed by atoms with E-state index in [0.717, 1.165) is 19.5 Å². The summed E-state index contributed by atoms with van der Waals surface area (Å²) >= 11 is 0. The lowest BCUT2D eigenvalue weighted by atomic mass is 10.1. The van der Waals surface area contributed by atoms with Crippen LogP contribution in [0.2, 0.25) is 0 Å². The maximum atomic E-state index is 11.2. The van der Waals surface area contributed by atoms with Crippen LogP contribution in [0.1, 0.15) is 19.3 Å². The predicted octanol–water partition coefficient (Wildman–Crippen LogP) is -0.454. The van der Waals surface area contributed by atoms with Gasteiger partial charge in [0.15, 0.2) is 0 Å². The molecular formula is C9H19N3O. The molecule has 0 aromatic rings. The van der Waals surface area contributed by atoms with Crippen molar-refractivity contribution in [1.82, 2.24) is 10.2 Å². The third-order valence-electron chi connectivity index (χ3n) is 2.36. The van der Waals surface area contributed by atoms with Gasteiger partial charge in [0.25, 0.3) is 0 Å². The van der Waals surface area contributed by atoms with E-state index in [0.29, 0.717) is 19.0 Å². The molecule has 1 atom stereocenters. The first-order valence-corrected chi connectivity index (χ1v) is 4.90. The summed E-state index contributed by atoms with van der Waals surface area (Å²) in [6.07, 6.45) is 2.71. The highest BCUT2D eigenvalue weighted by Crippen LogP contribution is 2.07. The fraction of sp³-hybridized carbons (Fsp3) is 0.889. The molecule has 0 radical (unpaired) electrons. The molecule has 0 aromatic carbocycles. The van der Waals surface area contributed by atoms with E-state index in [1.165, 1.54) is 6.42 Å². The minimum atomic E-state index is 0.0859. The molecule has 1 fully saturated rings. The maximum absolute atomic E-state index is 11.2. The van der Waals surface area contributed by atoms with Crippen LogP contribution in [0.4, 0.5) is 0 Å². The third kappa shape index (κ3) is 3.74. The second-order valence-electron chi connectivity index (χ2n) is 3.71. The Morgan fingerprint density at radius 2 is 2.46 bits per heavy atom. The van der Waals surface area contributed by atoms with E-state index >= 15 is 0 Å². The summed E-state index contributed by atoms with van der Waals surface area (Å²) in [5.41, 5.74) is 5.29. The van der Waals surface area contributed by atoms with Gasteiger partial charge in [-0.3, -0.25) is 4.79 Å². The number of nitrogens with zero attached hydrogens (tertiary/aromatic N) is 1. The summed E-state index contributed by atoms with van der Waals surface area (Å²) in [7, 11) is 2.08. The molecule has 3 N–H and O–H groups in total. The SMILES string of the molecule is CN1CCCC(NC(=O)CCN)C1. The molecule has 76 valence electrons. The molecule has 1 rings (SSSR count). The van der Waals surface area contributed by atoms with Crippen LogP contribution in [-0.4, -0.2) is 43.5 Å². The molecule has 1 aliphatic rings. The van der Waals surface area contributed by atoms with Crippen LogP contribution in [0.25, 0.3) is 0 Å². The number of hydrogen-bond donors (Lipinski definition) is 2. The van der Waals surface area contributed by atoms with Gasteiger partial charge in [0.05, 0.1) is 0 Å². The van der Waals surface area contributed by atoms with Gasteiger partial charge in [-0.25, -0.2) is 0 Å². The van der Waals surface area contributed by atoms with Crippen LogP contribution >= 0.6 is 0 Å². The largest absolute Gasteiger partial charge is 0.352 e. The molecule has 13 heavy (non-hydrogen) atoms. The molecule has 1 saturated heterocycles. The molecule has 4 heteroatoms. The second-order valence-corrected chi connectivity index (χ2v) is 3.71. The van der Waals surface area contributed by atoms with Crippen molar-refractivity contribution in [3.05, 3.63) is 0 Å². The summed E-state index contributed by atoms with van der Waals surface area (Å²) in [6, 6.07) is 0.331. The normalized spacial score (nSPS) is 24.3. The Bertz CT molecular complexity index is 172. The highest BCUT2D eigenvalue weighted by Gasteiger charge is 2.18. The summed E-state index contributed by atoms with van der Waals surface area (Å²) in [5.74, 6) is 0.0859. The zero-order chi connectivity index (χ0) is 9.68. The maximum Gasteiger partial charge on any atom is 0.221 e. The quantitative estimate of drug-likeness (QED) is 0.626. The number of carbonyl (C=O) groups excluding carboxylic acids is 1. The molecule has 0 saturated carbocycles. The van der Waals surface area contributed by atoms with Crippen LogP contribution in [0.3, 0.4) is 0 Å². The minimum absolute atomic E-state index is 0.0859. The number of amides is 1. The lowest BCUT2D eigenvalue weighted by Crippen LogP contribution is -2.46. The zero-order valence-electron chi connectivity index (χ0n) is 8.25. The topological polar surface area (TPSA) is 58.4 Å². The van der Waals surface area contributed by atoms with Crippen LogP contribution in [0.5, 0.6) is 0 Å². The van der Waals surface area contributed by atoms with Gasteiger partial charge in [-0.2, -0.15) is 0 Å². The molecule has 1 amide bonds. The van der Waals surface area contributed by atoms with E-state index in [2.05, 4.69) is 17.3 Å². The monoisotopic (exact) mass is 185 g/mol. The summed E-state index contributed by atoms with van der Waals surface area (Å²) in [4.78, 5) is 13.5. The van der Waals surface area contributed by atoms with Gasteiger partial charge in [0.1, 0.15) is 0 Å². The van der Waals surface area contributed by atoms with Gasteiger partial charge in [0, 0.05) is 25.6 Å². The molecule has 0 aromatic heterocycles. The molecular weight excluding hydrogens is 166 g/mol. The number of piperidine rings is 1. The van der Waals surface area contributed by atoms with Crippen molar-refractivity contribution in [1.29, 1.82) is 0 Å². The Hall–Kier alpha value is -0.610. The second kappa shape index (κ2) is 5.19. The number of rotatable bonds is 3. The van der Waals surface area contributed by atoms with Crippen molar-refractivity contribution in [3.63, 3.8) is 0 Å². The number of hydrogen-bond acceptors (Lipinski definition) is 3. The van der Waals surface area contributed by atoms with E-state index in [1.54, 1.807) is 0 Å². The number of likely N-dealkylation sites (N-methyl/N-ethyl adjacent to an activating group) is 1. The van der Waals surface area contributed by atoms with E-state index in [-0.39, 0.29) is 5.91 Å². The number of likely N-dealkylation sites (tertiary alicyclic amines) is 1. The van der Waals surface area contributed by atoms with Gasteiger partial charge in [-0.05, 0) is 26.4 Å². The Morgan fingerprint density at radius 3 is 3.08 bits per heavy atom. The minimum Gasteiger partial charge on any atom is -0.352 e. The Balaban J connectivity index is 2.23. The van der Waals surface area contributed by atoms with Gasteiger partial charge >= 0.3 is 0 Å². The smallest absolute Gasteiger partial charge is 0.221 e. The highest BCUT2D eigenvalue weighted by molar-refractivity contribution is 5.76. The van der Waals surface area contributed by atoms with E-state index in [1.807, 2.05) is 0 Å². The van der Waals surface area contributed by atoms with Crippen molar-refractivity contribution < 1.29 is 4.79 Å². The average molecular weight is 185 g/mol. The summed E-state index contributed by atoms with van der Waals surface area (Å²) in [6.45, 7) is 2.55. The van der Waals surface area contributed by atoms with Gasteiger partial charge in [0.2, 0.25) is 5.91 Å². The number of carbonyl (C=O) groups is 1. The summed E-state index contributed by atoms with van der Waals surface area (Å²) < 4.78 is 0. The number of nitrogens with two attached hydrogens (primary N) is 1. The first-order chi connectivity index (χ1) is 6.22. The van der Waals surface area contributed by atoms with Crippen LogP contribution < -0.4 is 11.1 Å². The first-order valence-electron chi connectivity index (χ1n) is 4.90. The van der Waals surface area contributed by atoms with E-state index < -0.39 is 0 Å². The Morgan fingerprint density at radius 1 is 1.69 bits per heavy atom. The average Bonchev–Trinajstić information content (AvgIpc) is 2.04. The fourth-order valence-electron chi connectivity index (χ4n) is 1.72. The van der Waals surface area contributed by atoms with Crippen molar-refractivity contribution in [2.75, 3.05) is 26.7 Å². The summed E-state index contributed by atoms with van der Waals surface area (Å²) in [5, 5.41) is 2.99. The predicted molar refractivity (Wildman–Crippen MR) is 52.3 cm³/mol. The van der Waals surface area contributed by atoms with Crippen molar-refractivity contribution in [2.45, 2.75) is 25.3 Å². The molecule has 4 nitrogen and oxygen atoms in total. The zero-order valence-corrected chi connectivity index (χ0v) is 8.25. The molecule has 1 unspecified atom stereocenters. The Kier molecular flexibility index (Phi) is 4.18. The first kappa shape index (κ1) is 10.5. The third-order valence-corrected chi connectivity index (χ3v) is 2.36. The van der Waals surface area contributed by atoms with Gasteiger partial charge in [-0.15, -0.1) is 0 Å². The van der Waals surface area contributed by atoms with Crippen molar-refractivity contribution in [3.8, 4) is 0 Å². The van der Waals surface area contributed by atoms with Gasteiger partial charge < -0.3 is 16.0 Å². The van der Waals surface area contributed by atoms with Crippen molar-refractivity contribution >= 4 is 5.91 Å².